The van der Waals surface area contributed by atoms with E-state index in [0.717, 1.165) is 78.2 Å². The van der Waals surface area contributed by atoms with E-state index in [1.165, 1.54) is 6.07 Å². The molecule has 166 valence electrons. The maximum atomic E-state index is 14.0. The molecule has 1 aromatic rings. The van der Waals surface area contributed by atoms with Crippen LogP contribution in [0.5, 0.6) is 0 Å². The van der Waals surface area contributed by atoms with Crippen LogP contribution in [0.3, 0.4) is 0 Å². The highest BCUT2D eigenvalue weighted by atomic mass is 19.1. The fourth-order valence-corrected chi connectivity index (χ4v) is 3.98. The van der Waals surface area contributed by atoms with Crippen molar-refractivity contribution in [2.75, 3.05) is 70.3 Å². The standard InChI is InChI=1S/C22H35FN6O/c1-2-24-22(26-18-21(30)29-12-5-6-13-29)25-10-7-11-27-14-16-28(17-15-27)20-9-4-3-8-19(20)23/h3-4,8-9H,2,5-7,10-18H2,1H3,(H2,24,25,26). The molecule has 30 heavy (non-hydrogen) atoms. The number of halogens is 1. The van der Waals surface area contributed by atoms with Gasteiger partial charge in [0.2, 0.25) is 5.91 Å². The Hall–Kier alpha value is -2.35. The normalized spacial score (nSPS) is 18.0. The van der Waals surface area contributed by atoms with Gasteiger partial charge in [-0.25, -0.2) is 9.38 Å². The van der Waals surface area contributed by atoms with Gasteiger partial charge in [-0.3, -0.25) is 9.69 Å². The Balaban J connectivity index is 1.34. The summed E-state index contributed by atoms with van der Waals surface area (Å²) in [5.74, 6) is 0.667. The summed E-state index contributed by atoms with van der Waals surface area (Å²) >= 11 is 0. The Morgan fingerprint density at radius 3 is 2.50 bits per heavy atom. The number of rotatable bonds is 8. The second kappa shape index (κ2) is 11.7. The van der Waals surface area contributed by atoms with E-state index in [1.807, 2.05) is 24.0 Å². The number of nitrogens with zero attached hydrogens (tertiary/aromatic N) is 4. The topological polar surface area (TPSA) is 63.2 Å². The number of aliphatic imine (C=N–C) groups is 1. The van der Waals surface area contributed by atoms with Crippen molar-refractivity contribution in [2.24, 2.45) is 4.99 Å². The van der Waals surface area contributed by atoms with Gasteiger partial charge in [0.05, 0.1) is 5.69 Å². The Morgan fingerprint density at radius 1 is 1.07 bits per heavy atom. The van der Waals surface area contributed by atoms with Crippen LogP contribution in [0.15, 0.2) is 29.3 Å². The molecule has 0 atom stereocenters. The number of hydrogen-bond donors (Lipinski definition) is 2. The molecule has 2 N–H and O–H groups in total. The fraction of sp³-hybridized carbons (Fsp3) is 0.636. The third kappa shape index (κ3) is 6.58. The molecular weight excluding hydrogens is 383 g/mol. The lowest BCUT2D eigenvalue weighted by molar-refractivity contribution is -0.128. The lowest BCUT2D eigenvalue weighted by Crippen LogP contribution is -2.47. The zero-order valence-electron chi connectivity index (χ0n) is 18.1. The molecule has 0 saturated carbocycles. The second-order valence-electron chi connectivity index (χ2n) is 7.84. The van der Waals surface area contributed by atoms with Crippen LogP contribution in [-0.2, 0) is 4.79 Å². The minimum Gasteiger partial charge on any atom is -0.367 e. The minimum absolute atomic E-state index is 0.109. The van der Waals surface area contributed by atoms with Gasteiger partial charge in [-0.05, 0) is 44.9 Å². The molecule has 0 aliphatic carbocycles. The lowest BCUT2D eigenvalue weighted by atomic mass is 10.2. The zero-order chi connectivity index (χ0) is 21.2. The molecule has 0 spiro atoms. The quantitative estimate of drug-likeness (QED) is 0.381. The number of para-hydroxylation sites is 1. The van der Waals surface area contributed by atoms with E-state index in [1.54, 1.807) is 6.07 Å². The Morgan fingerprint density at radius 2 is 1.80 bits per heavy atom. The average molecular weight is 419 g/mol. The van der Waals surface area contributed by atoms with E-state index in [4.69, 9.17) is 0 Å². The second-order valence-corrected chi connectivity index (χ2v) is 7.84. The number of piperazine rings is 1. The first-order valence-electron chi connectivity index (χ1n) is 11.2. The maximum absolute atomic E-state index is 14.0. The van der Waals surface area contributed by atoms with Crippen molar-refractivity contribution in [3.8, 4) is 0 Å². The van der Waals surface area contributed by atoms with Gasteiger partial charge in [0.25, 0.3) is 0 Å². The number of hydrogen-bond acceptors (Lipinski definition) is 4. The molecule has 8 heteroatoms. The Bertz CT molecular complexity index is 699. The van der Waals surface area contributed by atoms with Crippen LogP contribution >= 0.6 is 0 Å². The number of anilines is 1. The van der Waals surface area contributed by atoms with Crippen LogP contribution < -0.4 is 15.5 Å². The Labute approximate surface area is 179 Å². The number of carbonyl (C=O) groups is 1. The molecule has 0 unspecified atom stereocenters. The SMILES string of the molecule is CCNC(=NCC(=O)N1CCCC1)NCCCN1CCN(c2ccccc2F)CC1. The first-order chi connectivity index (χ1) is 14.7. The van der Waals surface area contributed by atoms with Gasteiger partial charge >= 0.3 is 0 Å². The molecule has 2 fully saturated rings. The molecule has 2 aliphatic rings. The molecule has 2 aliphatic heterocycles. The monoisotopic (exact) mass is 418 g/mol. The zero-order valence-corrected chi connectivity index (χ0v) is 18.1. The molecular formula is C22H35FN6O. The molecule has 1 amide bonds. The number of nitrogens with one attached hydrogen (secondary N) is 2. The number of likely N-dealkylation sites (tertiary alicyclic amines) is 1. The summed E-state index contributed by atoms with van der Waals surface area (Å²) in [6, 6.07) is 6.99. The van der Waals surface area contributed by atoms with Crippen LogP contribution in [0.2, 0.25) is 0 Å². The van der Waals surface area contributed by atoms with Crippen molar-refractivity contribution in [3.63, 3.8) is 0 Å². The minimum atomic E-state index is -0.145. The van der Waals surface area contributed by atoms with Gasteiger partial charge in [0, 0.05) is 52.4 Å². The Kier molecular flexibility index (Phi) is 8.74. The first kappa shape index (κ1) is 22.3. The number of carbonyl (C=O) groups excluding carboxylic acids is 1. The molecule has 0 radical (unpaired) electrons. The highest BCUT2D eigenvalue weighted by molar-refractivity contribution is 5.85. The van der Waals surface area contributed by atoms with Crippen molar-refractivity contribution in [2.45, 2.75) is 26.2 Å². The first-order valence-corrected chi connectivity index (χ1v) is 11.2. The predicted molar refractivity (Wildman–Crippen MR) is 119 cm³/mol. The van der Waals surface area contributed by atoms with E-state index in [2.05, 4.69) is 25.4 Å². The van der Waals surface area contributed by atoms with E-state index in [9.17, 15) is 9.18 Å². The highest BCUT2D eigenvalue weighted by Crippen LogP contribution is 2.20. The molecule has 2 saturated heterocycles. The van der Waals surface area contributed by atoms with Crippen LogP contribution in [-0.4, -0.2) is 87.1 Å². The van der Waals surface area contributed by atoms with Gasteiger partial charge < -0.3 is 20.4 Å². The summed E-state index contributed by atoms with van der Waals surface area (Å²) in [7, 11) is 0. The highest BCUT2D eigenvalue weighted by Gasteiger charge is 2.19. The maximum Gasteiger partial charge on any atom is 0.244 e. The largest absolute Gasteiger partial charge is 0.367 e. The average Bonchev–Trinajstić information content (AvgIpc) is 3.31. The van der Waals surface area contributed by atoms with Crippen LogP contribution in [0.4, 0.5) is 10.1 Å². The van der Waals surface area contributed by atoms with Crippen molar-refractivity contribution in [3.05, 3.63) is 30.1 Å². The van der Waals surface area contributed by atoms with Crippen molar-refractivity contribution >= 4 is 17.6 Å². The fourth-order valence-electron chi connectivity index (χ4n) is 3.98. The summed E-state index contributed by atoms with van der Waals surface area (Å²) in [6.07, 6.45) is 3.19. The lowest BCUT2D eigenvalue weighted by Gasteiger charge is -2.36. The van der Waals surface area contributed by atoms with E-state index in [-0.39, 0.29) is 18.3 Å². The molecule has 2 heterocycles. The van der Waals surface area contributed by atoms with Gasteiger partial charge in [0.15, 0.2) is 5.96 Å². The third-order valence-corrected chi connectivity index (χ3v) is 5.68. The number of guanidine groups is 1. The molecule has 0 bridgehead atoms. The summed E-state index contributed by atoms with van der Waals surface area (Å²) < 4.78 is 14.0. The van der Waals surface area contributed by atoms with E-state index >= 15 is 0 Å². The number of benzene rings is 1. The van der Waals surface area contributed by atoms with Crippen LogP contribution in [0.25, 0.3) is 0 Å². The predicted octanol–water partition coefficient (Wildman–Crippen LogP) is 1.52. The van der Waals surface area contributed by atoms with Gasteiger partial charge in [-0.2, -0.15) is 0 Å². The van der Waals surface area contributed by atoms with E-state index < -0.39 is 0 Å². The van der Waals surface area contributed by atoms with Crippen molar-refractivity contribution in [1.29, 1.82) is 0 Å². The summed E-state index contributed by atoms with van der Waals surface area (Å²) in [5, 5.41) is 6.54. The third-order valence-electron chi connectivity index (χ3n) is 5.68. The van der Waals surface area contributed by atoms with Gasteiger partial charge in [-0.15, -0.1) is 0 Å². The summed E-state index contributed by atoms with van der Waals surface area (Å²) in [4.78, 5) is 23.0. The smallest absolute Gasteiger partial charge is 0.244 e. The molecule has 1 aromatic carbocycles. The summed E-state index contributed by atoms with van der Waals surface area (Å²) in [5.41, 5.74) is 0.703. The molecule has 3 rings (SSSR count). The van der Waals surface area contributed by atoms with Crippen molar-refractivity contribution < 1.29 is 9.18 Å². The van der Waals surface area contributed by atoms with Crippen LogP contribution in [0.1, 0.15) is 26.2 Å². The van der Waals surface area contributed by atoms with Crippen molar-refractivity contribution in [1.82, 2.24) is 20.4 Å². The van der Waals surface area contributed by atoms with Gasteiger partial charge in [-0.1, -0.05) is 12.1 Å². The number of amides is 1. The molecule has 0 aromatic heterocycles. The van der Waals surface area contributed by atoms with Gasteiger partial charge in [0.1, 0.15) is 12.4 Å². The summed E-state index contributed by atoms with van der Waals surface area (Å²) in [6.45, 7) is 10.1. The molecule has 7 nitrogen and oxygen atoms in total. The van der Waals surface area contributed by atoms with E-state index in [0.29, 0.717) is 11.6 Å². The van der Waals surface area contributed by atoms with Crippen LogP contribution in [0, 0.1) is 5.82 Å².